The Kier molecular flexibility index (Phi) is 16.7. The fourth-order valence-electron chi connectivity index (χ4n) is 3.83. The van der Waals surface area contributed by atoms with E-state index in [-0.39, 0.29) is 5.91 Å². The van der Waals surface area contributed by atoms with Gasteiger partial charge in [-0.3, -0.25) is 9.59 Å². The van der Waals surface area contributed by atoms with Gasteiger partial charge in [0.05, 0.1) is 0 Å². The van der Waals surface area contributed by atoms with Crippen LogP contribution in [0.3, 0.4) is 0 Å². The SMILES string of the molecule is CC=C(C)C(=O)N1CCCCC1CC.CCCCCCCCC(=O)N(CC)CC. The number of piperidine rings is 1. The molecule has 0 radical (unpaired) electrons. The Morgan fingerprint density at radius 2 is 1.59 bits per heavy atom. The van der Waals surface area contributed by atoms with Crippen molar-refractivity contribution in [1.82, 2.24) is 9.80 Å². The third-order valence-corrected chi connectivity index (χ3v) is 5.99. The first-order chi connectivity index (χ1) is 14.0. The van der Waals surface area contributed by atoms with Crippen LogP contribution in [-0.2, 0) is 9.59 Å². The van der Waals surface area contributed by atoms with E-state index in [1.165, 1.54) is 51.4 Å². The lowest BCUT2D eigenvalue weighted by Crippen LogP contribution is -2.43. The van der Waals surface area contributed by atoms with Gasteiger partial charge in [0, 0.05) is 37.7 Å². The van der Waals surface area contributed by atoms with E-state index in [0.29, 0.717) is 11.9 Å². The molecule has 0 spiro atoms. The average molecular weight is 409 g/mol. The van der Waals surface area contributed by atoms with Gasteiger partial charge in [0.25, 0.3) is 0 Å². The molecule has 0 aliphatic carbocycles. The number of likely N-dealkylation sites (tertiary alicyclic amines) is 1. The molecule has 1 atom stereocenters. The Morgan fingerprint density at radius 1 is 0.966 bits per heavy atom. The lowest BCUT2D eigenvalue weighted by atomic mass is 9.99. The maximum Gasteiger partial charge on any atom is 0.249 e. The minimum atomic E-state index is 0.235. The summed E-state index contributed by atoms with van der Waals surface area (Å²) in [6.45, 7) is 15.0. The second-order valence-corrected chi connectivity index (χ2v) is 8.11. The van der Waals surface area contributed by atoms with Crippen molar-refractivity contribution in [2.24, 2.45) is 0 Å². The third-order valence-electron chi connectivity index (χ3n) is 5.99. The van der Waals surface area contributed by atoms with Gasteiger partial charge < -0.3 is 9.80 Å². The van der Waals surface area contributed by atoms with E-state index in [9.17, 15) is 9.59 Å². The van der Waals surface area contributed by atoms with Crippen LogP contribution in [0, 0.1) is 0 Å². The van der Waals surface area contributed by atoms with E-state index in [4.69, 9.17) is 0 Å². The summed E-state index contributed by atoms with van der Waals surface area (Å²) in [7, 11) is 0. The van der Waals surface area contributed by atoms with Crippen LogP contribution in [0.15, 0.2) is 11.6 Å². The summed E-state index contributed by atoms with van der Waals surface area (Å²) >= 11 is 0. The van der Waals surface area contributed by atoms with Crippen LogP contribution in [0.5, 0.6) is 0 Å². The van der Waals surface area contributed by atoms with E-state index >= 15 is 0 Å². The number of hydrogen-bond donors (Lipinski definition) is 0. The molecule has 0 saturated carbocycles. The van der Waals surface area contributed by atoms with Crippen LogP contribution in [0.25, 0.3) is 0 Å². The Labute approximate surface area is 181 Å². The van der Waals surface area contributed by atoms with Gasteiger partial charge >= 0.3 is 0 Å². The van der Waals surface area contributed by atoms with Gasteiger partial charge in [-0.2, -0.15) is 0 Å². The molecule has 2 amide bonds. The number of hydrogen-bond acceptors (Lipinski definition) is 2. The molecular weight excluding hydrogens is 360 g/mol. The van der Waals surface area contributed by atoms with Gasteiger partial charge in [-0.1, -0.05) is 52.0 Å². The van der Waals surface area contributed by atoms with Crippen LogP contribution in [0.2, 0.25) is 0 Å². The summed E-state index contributed by atoms with van der Waals surface area (Å²) in [4.78, 5) is 27.6. The smallest absolute Gasteiger partial charge is 0.249 e. The van der Waals surface area contributed by atoms with Crippen molar-refractivity contribution in [3.05, 3.63) is 11.6 Å². The molecule has 1 aliphatic heterocycles. The van der Waals surface area contributed by atoms with E-state index in [2.05, 4.69) is 18.7 Å². The molecule has 1 heterocycles. The number of carbonyl (C=O) groups is 2. The fourth-order valence-corrected chi connectivity index (χ4v) is 3.83. The van der Waals surface area contributed by atoms with E-state index in [1.54, 1.807) is 0 Å². The predicted molar refractivity (Wildman–Crippen MR) is 125 cm³/mol. The van der Waals surface area contributed by atoms with Crippen LogP contribution >= 0.6 is 0 Å². The number of allylic oxidation sites excluding steroid dienone is 1. The summed E-state index contributed by atoms with van der Waals surface area (Å²) in [6.07, 6.45) is 14.9. The number of unbranched alkanes of at least 4 members (excludes halogenated alkanes) is 5. The van der Waals surface area contributed by atoms with Crippen molar-refractivity contribution in [2.45, 2.75) is 118 Å². The second-order valence-electron chi connectivity index (χ2n) is 8.11. The average Bonchev–Trinajstić information content (AvgIpc) is 2.76. The minimum Gasteiger partial charge on any atom is -0.343 e. The fraction of sp³-hybridized carbons (Fsp3) is 0.840. The van der Waals surface area contributed by atoms with Gasteiger partial charge in [-0.25, -0.2) is 0 Å². The maximum atomic E-state index is 12.0. The van der Waals surface area contributed by atoms with Crippen molar-refractivity contribution in [1.29, 1.82) is 0 Å². The molecule has 1 aliphatic rings. The van der Waals surface area contributed by atoms with Gasteiger partial charge in [0.15, 0.2) is 0 Å². The second kappa shape index (κ2) is 17.5. The standard InChI is InChI=1S/C13H27NO.C12H21NO/c1-4-7-8-9-10-11-12-13(15)14(5-2)6-3;1-4-10(3)12(14)13-9-7-6-8-11(13)5-2/h4-12H2,1-3H3;4,11H,5-9H2,1-3H3. The first kappa shape index (κ1) is 27.7. The summed E-state index contributed by atoms with van der Waals surface area (Å²) in [6, 6.07) is 0.478. The lowest BCUT2D eigenvalue weighted by molar-refractivity contribution is -0.131. The Hall–Kier alpha value is -1.32. The molecule has 1 fully saturated rings. The van der Waals surface area contributed by atoms with Crippen LogP contribution in [0.1, 0.15) is 112 Å². The monoisotopic (exact) mass is 408 g/mol. The molecule has 4 nitrogen and oxygen atoms in total. The molecule has 0 aromatic heterocycles. The molecule has 29 heavy (non-hydrogen) atoms. The molecule has 1 rings (SSSR count). The quantitative estimate of drug-likeness (QED) is 0.295. The van der Waals surface area contributed by atoms with Gasteiger partial charge in [0.1, 0.15) is 0 Å². The Morgan fingerprint density at radius 3 is 2.14 bits per heavy atom. The van der Waals surface area contributed by atoms with Crippen molar-refractivity contribution in [2.75, 3.05) is 19.6 Å². The van der Waals surface area contributed by atoms with Crippen LogP contribution < -0.4 is 0 Å². The summed E-state index contributed by atoms with van der Waals surface area (Å²) < 4.78 is 0. The Balaban J connectivity index is 0.000000541. The highest BCUT2D eigenvalue weighted by Crippen LogP contribution is 2.21. The van der Waals surface area contributed by atoms with Crippen molar-refractivity contribution >= 4 is 11.8 Å². The largest absolute Gasteiger partial charge is 0.343 e. The molecule has 0 bridgehead atoms. The van der Waals surface area contributed by atoms with Crippen LogP contribution in [-0.4, -0.2) is 47.3 Å². The highest BCUT2D eigenvalue weighted by Gasteiger charge is 2.25. The highest BCUT2D eigenvalue weighted by molar-refractivity contribution is 5.93. The van der Waals surface area contributed by atoms with Crippen molar-refractivity contribution in [3.63, 3.8) is 0 Å². The van der Waals surface area contributed by atoms with Gasteiger partial charge in [-0.15, -0.1) is 0 Å². The van der Waals surface area contributed by atoms with E-state index < -0.39 is 0 Å². The normalized spacial score (nSPS) is 16.8. The minimum absolute atomic E-state index is 0.235. The summed E-state index contributed by atoms with van der Waals surface area (Å²) in [5.41, 5.74) is 0.880. The predicted octanol–water partition coefficient (Wildman–Crippen LogP) is 6.35. The zero-order valence-corrected chi connectivity index (χ0v) is 20.3. The zero-order valence-electron chi connectivity index (χ0n) is 20.3. The molecule has 1 unspecified atom stereocenters. The number of nitrogens with zero attached hydrogens (tertiary/aromatic N) is 2. The third kappa shape index (κ3) is 11.4. The summed E-state index contributed by atoms with van der Waals surface area (Å²) in [5, 5.41) is 0. The van der Waals surface area contributed by atoms with E-state index in [1.807, 2.05) is 38.7 Å². The molecular formula is C25H48N2O2. The van der Waals surface area contributed by atoms with Gasteiger partial charge in [-0.05, 0) is 59.8 Å². The molecule has 170 valence electrons. The molecule has 0 aromatic rings. The van der Waals surface area contributed by atoms with Crippen LogP contribution in [0.4, 0.5) is 0 Å². The lowest BCUT2D eigenvalue weighted by Gasteiger charge is -2.35. The molecule has 4 heteroatoms. The van der Waals surface area contributed by atoms with Crippen molar-refractivity contribution < 1.29 is 9.59 Å². The van der Waals surface area contributed by atoms with E-state index in [0.717, 1.165) is 44.5 Å². The van der Waals surface area contributed by atoms with Crippen molar-refractivity contribution in [3.8, 4) is 0 Å². The number of amides is 2. The maximum absolute atomic E-state index is 12.0. The number of carbonyl (C=O) groups excluding carboxylic acids is 2. The summed E-state index contributed by atoms with van der Waals surface area (Å²) in [5.74, 6) is 0.564. The molecule has 1 saturated heterocycles. The first-order valence-electron chi connectivity index (χ1n) is 12.2. The topological polar surface area (TPSA) is 40.6 Å². The number of rotatable bonds is 11. The molecule has 0 N–H and O–H groups in total. The Bertz CT molecular complexity index is 469. The molecule has 0 aromatic carbocycles. The van der Waals surface area contributed by atoms with Gasteiger partial charge in [0.2, 0.25) is 11.8 Å². The highest BCUT2D eigenvalue weighted by atomic mass is 16.2. The zero-order chi connectivity index (χ0) is 22.1. The first-order valence-corrected chi connectivity index (χ1v) is 12.2.